The first-order valence-electron chi connectivity index (χ1n) is 4.21. The zero-order chi connectivity index (χ0) is 16.3. The third-order valence-corrected chi connectivity index (χ3v) is 0. The van der Waals surface area contributed by atoms with E-state index < -0.39 is 23.9 Å². The fourth-order valence-electron chi connectivity index (χ4n) is 0. The molecule has 0 rings (SSSR count). The molecular formula is C10H30Fe2N3O8+6. The first kappa shape index (κ1) is 68.2. The summed E-state index contributed by atoms with van der Waals surface area (Å²) < 4.78 is 0. The van der Waals surface area contributed by atoms with Crippen LogP contribution in [0.5, 0.6) is 0 Å². The number of rotatable bonds is 0. The molecule has 0 aromatic carbocycles. The molecule has 14 N–H and O–H groups in total. The molecule has 13 heteroatoms. The molecule has 0 atom stereocenters. The van der Waals surface area contributed by atoms with Crippen molar-refractivity contribution < 1.29 is 73.7 Å². The van der Waals surface area contributed by atoms with Gasteiger partial charge in [-0.2, -0.15) is 0 Å². The monoisotopic (exact) mass is 432 g/mol. The third kappa shape index (κ3) is 3310. The van der Waals surface area contributed by atoms with Crippen LogP contribution in [-0.4, -0.2) is 44.3 Å². The van der Waals surface area contributed by atoms with E-state index in [-0.39, 0.29) is 52.6 Å². The van der Waals surface area contributed by atoms with Gasteiger partial charge in [-0.1, -0.05) is 0 Å². The standard InChI is InChI=1S/4C2H4O2.C2H4.2Fe.3H3N/c4*1-2(3)4;1-2;;;;;/h4*1H3,(H,3,4);1-2H2;;;3*1H3/q;;;;;+2;+3;;;/p+1. The van der Waals surface area contributed by atoms with E-state index in [9.17, 15) is 0 Å². The summed E-state index contributed by atoms with van der Waals surface area (Å²) in [7, 11) is 0. The van der Waals surface area contributed by atoms with E-state index in [2.05, 4.69) is 13.2 Å². The second kappa shape index (κ2) is 70.6. The van der Waals surface area contributed by atoms with Gasteiger partial charge in [-0.05, 0) is 0 Å². The normalized spacial score (nSPS) is 4.52. The molecule has 0 bridgehead atoms. The van der Waals surface area contributed by atoms with E-state index in [1.165, 1.54) is 0 Å². The number of carbonyl (C=O) groups is 4. The topological polar surface area (TPSA) is 256 Å². The minimum atomic E-state index is -0.833. The van der Waals surface area contributed by atoms with Crippen molar-refractivity contribution in [2.24, 2.45) is 0 Å². The van der Waals surface area contributed by atoms with Crippen LogP contribution >= 0.6 is 0 Å². The Balaban J connectivity index is -0.0000000110. The Hall–Kier alpha value is -1.46. The Kier molecular flexibility index (Phi) is 209. The largest absolute Gasteiger partial charge is 3.00 e. The van der Waals surface area contributed by atoms with Crippen molar-refractivity contribution in [3.63, 3.8) is 0 Å². The molecule has 0 spiro atoms. The SMILES string of the molecule is C=C.CC(=O)O.CC(=O)O.CC(=O)O.CC(=O)O.N.N.[Fe+2].[Fe+3].[NH4+]. The van der Waals surface area contributed by atoms with E-state index in [4.69, 9.17) is 39.6 Å². The zero-order valence-electron chi connectivity index (χ0n) is 14.0. The van der Waals surface area contributed by atoms with Crippen LogP contribution in [0.4, 0.5) is 0 Å². The van der Waals surface area contributed by atoms with Crippen molar-refractivity contribution in [3.8, 4) is 0 Å². The van der Waals surface area contributed by atoms with Gasteiger partial charge in [0.25, 0.3) is 23.9 Å². The van der Waals surface area contributed by atoms with E-state index in [0.29, 0.717) is 0 Å². The summed E-state index contributed by atoms with van der Waals surface area (Å²) in [6.45, 7) is 10.3. The molecule has 11 nitrogen and oxygen atoms in total. The Morgan fingerprint density at radius 2 is 0.609 bits per heavy atom. The maximum absolute atomic E-state index is 9.00. The Morgan fingerprint density at radius 3 is 0.609 bits per heavy atom. The van der Waals surface area contributed by atoms with Gasteiger partial charge >= 0.3 is 34.1 Å². The molecular weight excluding hydrogens is 402 g/mol. The van der Waals surface area contributed by atoms with Crippen LogP contribution in [0.3, 0.4) is 0 Å². The molecule has 143 valence electrons. The number of carboxylic acids is 4. The van der Waals surface area contributed by atoms with Crippen LogP contribution in [0, 0.1) is 0 Å². The summed E-state index contributed by atoms with van der Waals surface area (Å²) in [5.74, 6) is -3.33. The molecule has 0 saturated heterocycles. The number of quaternary nitrogens is 1. The van der Waals surface area contributed by atoms with Crippen molar-refractivity contribution >= 4 is 23.9 Å². The first-order chi connectivity index (χ1) is 7.93. The molecule has 0 amide bonds. The van der Waals surface area contributed by atoms with Crippen LogP contribution in [0.15, 0.2) is 13.2 Å². The van der Waals surface area contributed by atoms with E-state index >= 15 is 0 Å². The van der Waals surface area contributed by atoms with Gasteiger partial charge in [-0.3, -0.25) is 19.2 Å². The quantitative estimate of drug-likeness (QED) is 0.216. The summed E-state index contributed by atoms with van der Waals surface area (Å²) in [4.78, 5) is 36.0. The first-order valence-corrected chi connectivity index (χ1v) is 4.21. The fraction of sp³-hybridized carbons (Fsp3) is 0.400. The van der Waals surface area contributed by atoms with Gasteiger partial charge in [0.15, 0.2) is 0 Å². The molecule has 0 heterocycles. The number of hydrogen-bond acceptors (Lipinski definition) is 6. The summed E-state index contributed by atoms with van der Waals surface area (Å²) in [6, 6.07) is 0. The van der Waals surface area contributed by atoms with Crippen molar-refractivity contribution in [1.82, 2.24) is 18.5 Å². The molecule has 0 aliphatic heterocycles. The van der Waals surface area contributed by atoms with Gasteiger partial charge in [0, 0.05) is 27.7 Å². The average molecular weight is 432 g/mol. The molecule has 0 aliphatic carbocycles. The van der Waals surface area contributed by atoms with E-state index in [1.54, 1.807) is 0 Å². The fourth-order valence-corrected chi connectivity index (χ4v) is 0. The van der Waals surface area contributed by atoms with Gasteiger partial charge in [-0.15, -0.1) is 13.2 Å². The second-order valence-electron chi connectivity index (χ2n) is 2.08. The van der Waals surface area contributed by atoms with E-state index in [1.807, 2.05) is 0 Å². The van der Waals surface area contributed by atoms with Crippen LogP contribution < -0.4 is 18.5 Å². The average Bonchev–Trinajstić information content (AvgIpc) is 2.01. The van der Waals surface area contributed by atoms with Gasteiger partial charge in [0.1, 0.15) is 0 Å². The van der Waals surface area contributed by atoms with Crippen LogP contribution in [-0.2, 0) is 53.3 Å². The zero-order valence-corrected chi connectivity index (χ0v) is 16.2. The summed E-state index contributed by atoms with van der Waals surface area (Å²) in [6.07, 6.45) is 0. The molecule has 0 aromatic rings. The van der Waals surface area contributed by atoms with Crippen molar-refractivity contribution in [2.45, 2.75) is 27.7 Å². The predicted molar refractivity (Wildman–Crippen MR) is 80.5 cm³/mol. The third-order valence-electron chi connectivity index (χ3n) is 0. The predicted octanol–water partition coefficient (Wildman–Crippen LogP) is 1.86. The van der Waals surface area contributed by atoms with Gasteiger partial charge in [0.2, 0.25) is 0 Å². The van der Waals surface area contributed by atoms with Crippen LogP contribution in [0.1, 0.15) is 27.7 Å². The maximum atomic E-state index is 9.00. The minimum Gasteiger partial charge on any atom is -0.481 e. The van der Waals surface area contributed by atoms with Crippen molar-refractivity contribution in [2.75, 3.05) is 0 Å². The maximum Gasteiger partial charge on any atom is 3.00 e. The Bertz CT molecular complexity index is 192. The Morgan fingerprint density at radius 1 is 0.609 bits per heavy atom. The second-order valence-corrected chi connectivity index (χ2v) is 2.08. The molecule has 1 radical (unpaired) electrons. The number of hydrogen-bond donors (Lipinski definition) is 7. The minimum absolute atomic E-state index is 0. The van der Waals surface area contributed by atoms with Crippen molar-refractivity contribution in [1.29, 1.82) is 0 Å². The molecule has 23 heavy (non-hydrogen) atoms. The van der Waals surface area contributed by atoms with Crippen molar-refractivity contribution in [3.05, 3.63) is 13.2 Å². The summed E-state index contributed by atoms with van der Waals surface area (Å²) >= 11 is 0. The number of aliphatic carboxylic acids is 4. The number of carboxylic acid groups (broad SMARTS) is 4. The molecule has 0 unspecified atom stereocenters. The van der Waals surface area contributed by atoms with Gasteiger partial charge in [-0.25, -0.2) is 0 Å². The Labute approximate surface area is 157 Å². The van der Waals surface area contributed by atoms with Crippen LogP contribution in [0.25, 0.3) is 0 Å². The molecule has 0 saturated carbocycles. The summed E-state index contributed by atoms with van der Waals surface area (Å²) in [5, 5.41) is 29.7. The van der Waals surface area contributed by atoms with Crippen LogP contribution in [0.2, 0.25) is 0 Å². The van der Waals surface area contributed by atoms with Gasteiger partial charge < -0.3 is 38.9 Å². The smallest absolute Gasteiger partial charge is 0.481 e. The molecule has 0 aliphatic rings. The molecule has 0 fully saturated rings. The van der Waals surface area contributed by atoms with Gasteiger partial charge in [0.05, 0.1) is 0 Å². The molecule has 0 aromatic heterocycles. The van der Waals surface area contributed by atoms with E-state index in [0.717, 1.165) is 27.7 Å². The summed E-state index contributed by atoms with van der Waals surface area (Å²) in [5.41, 5.74) is 0.